The summed E-state index contributed by atoms with van der Waals surface area (Å²) in [5, 5.41) is 3.02. The Hall–Kier alpha value is -2.77. The molecule has 1 saturated heterocycles. The minimum absolute atomic E-state index is 0.00254. The van der Waals surface area contributed by atoms with Gasteiger partial charge in [0.05, 0.1) is 5.92 Å². The third-order valence-electron chi connectivity index (χ3n) is 4.55. The standard InChI is InChI=1S/C22H24N2O2/c1-2-14-26-21-12-6-11-20(15-21)23-22(25)19-10-7-13-24(17-19)16-18-8-4-3-5-9-18/h1,3-6,8-9,11-12,15,19H,7,10,13-14,16-17H2,(H,23,25). The molecule has 2 aromatic carbocycles. The number of rotatable bonds is 6. The molecule has 1 aliphatic heterocycles. The molecule has 0 saturated carbocycles. The summed E-state index contributed by atoms with van der Waals surface area (Å²) in [5.74, 6) is 3.17. The van der Waals surface area contributed by atoms with Crippen molar-refractivity contribution in [3.63, 3.8) is 0 Å². The number of amides is 1. The zero-order valence-corrected chi connectivity index (χ0v) is 14.9. The van der Waals surface area contributed by atoms with E-state index in [2.05, 4.69) is 40.4 Å². The Morgan fingerprint density at radius 3 is 2.88 bits per heavy atom. The number of benzene rings is 2. The number of ether oxygens (including phenoxy) is 1. The molecular formula is C22H24N2O2. The normalized spacial score (nSPS) is 17.3. The molecule has 1 amide bonds. The quantitative estimate of drug-likeness (QED) is 0.812. The SMILES string of the molecule is C#CCOc1cccc(NC(=O)C2CCCN(Cc3ccccc3)C2)c1. The summed E-state index contributed by atoms with van der Waals surface area (Å²) in [5.41, 5.74) is 2.02. The number of nitrogens with one attached hydrogen (secondary N) is 1. The molecule has 1 fully saturated rings. The molecule has 0 bridgehead atoms. The molecule has 1 N–H and O–H groups in total. The summed E-state index contributed by atoms with van der Waals surface area (Å²) in [6, 6.07) is 17.7. The topological polar surface area (TPSA) is 41.6 Å². The Kier molecular flexibility index (Phi) is 6.29. The van der Waals surface area contributed by atoms with E-state index in [4.69, 9.17) is 11.2 Å². The van der Waals surface area contributed by atoms with Gasteiger partial charge in [-0.05, 0) is 37.1 Å². The van der Waals surface area contributed by atoms with Gasteiger partial charge in [0.15, 0.2) is 0 Å². The number of hydrogen-bond acceptors (Lipinski definition) is 3. The van der Waals surface area contributed by atoms with Gasteiger partial charge >= 0.3 is 0 Å². The third-order valence-corrected chi connectivity index (χ3v) is 4.55. The largest absolute Gasteiger partial charge is 0.481 e. The fraction of sp³-hybridized carbons (Fsp3) is 0.318. The molecule has 134 valence electrons. The summed E-state index contributed by atoms with van der Waals surface area (Å²) in [6.45, 7) is 2.93. The molecule has 1 unspecified atom stereocenters. The van der Waals surface area contributed by atoms with Crippen molar-refractivity contribution < 1.29 is 9.53 Å². The molecule has 4 heteroatoms. The molecule has 1 atom stereocenters. The van der Waals surface area contributed by atoms with E-state index in [-0.39, 0.29) is 18.4 Å². The molecule has 4 nitrogen and oxygen atoms in total. The number of terminal acetylenes is 1. The maximum Gasteiger partial charge on any atom is 0.228 e. The van der Waals surface area contributed by atoms with Crippen LogP contribution in [0.15, 0.2) is 54.6 Å². The van der Waals surface area contributed by atoms with E-state index in [1.807, 2.05) is 24.3 Å². The Balaban J connectivity index is 1.56. The second kappa shape index (κ2) is 9.07. The van der Waals surface area contributed by atoms with Gasteiger partial charge in [-0.2, -0.15) is 0 Å². The van der Waals surface area contributed by atoms with Crippen molar-refractivity contribution in [3.05, 3.63) is 60.2 Å². The van der Waals surface area contributed by atoms with Crippen LogP contribution in [0.5, 0.6) is 5.75 Å². The number of piperidine rings is 1. The molecule has 26 heavy (non-hydrogen) atoms. The van der Waals surface area contributed by atoms with Crippen LogP contribution in [0.3, 0.4) is 0 Å². The Morgan fingerprint density at radius 1 is 1.23 bits per heavy atom. The number of hydrogen-bond donors (Lipinski definition) is 1. The van der Waals surface area contributed by atoms with E-state index < -0.39 is 0 Å². The first-order valence-electron chi connectivity index (χ1n) is 8.98. The minimum Gasteiger partial charge on any atom is -0.481 e. The van der Waals surface area contributed by atoms with Gasteiger partial charge in [0.25, 0.3) is 0 Å². The highest BCUT2D eigenvalue weighted by Crippen LogP contribution is 2.22. The maximum atomic E-state index is 12.7. The summed E-state index contributed by atoms with van der Waals surface area (Å²) in [4.78, 5) is 15.0. The Bertz CT molecular complexity index is 767. The highest BCUT2D eigenvalue weighted by atomic mass is 16.5. The van der Waals surface area contributed by atoms with Gasteiger partial charge in [-0.15, -0.1) is 6.42 Å². The van der Waals surface area contributed by atoms with E-state index in [1.54, 1.807) is 6.07 Å². The molecule has 0 aromatic heterocycles. The number of anilines is 1. The zero-order chi connectivity index (χ0) is 18.2. The fourth-order valence-corrected chi connectivity index (χ4v) is 3.29. The van der Waals surface area contributed by atoms with Crippen LogP contribution >= 0.6 is 0 Å². The zero-order valence-electron chi connectivity index (χ0n) is 14.9. The monoisotopic (exact) mass is 348 g/mol. The number of nitrogens with zero attached hydrogens (tertiary/aromatic N) is 1. The van der Waals surface area contributed by atoms with Crippen LogP contribution in [0, 0.1) is 18.3 Å². The second-order valence-electron chi connectivity index (χ2n) is 6.57. The number of carbonyl (C=O) groups is 1. The van der Waals surface area contributed by atoms with Crippen molar-refractivity contribution >= 4 is 11.6 Å². The highest BCUT2D eigenvalue weighted by Gasteiger charge is 2.25. The number of likely N-dealkylation sites (tertiary alicyclic amines) is 1. The molecule has 0 spiro atoms. The first-order chi connectivity index (χ1) is 12.7. The smallest absolute Gasteiger partial charge is 0.228 e. The van der Waals surface area contributed by atoms with Crippen LogP contribution in [0.25, 0.3) is 0 Å². The minimum atomic E-state index is 0.00254. The summed E-state index contributed by atoms with van der Waals surface area (Å²) in [6.07, 6.45) is 7.17. The maximum absolute atomic E-state index is 12.7. The van der Waals surface area contributed by atoms with Crippen LogP contribution in [-0.4, -0.2) is 30.5 Å². The van der Waals surface area contributed by atoms with Crippen LogP contribution in [0.4, 0.5) is 5.69 Å². The van der Waals surface area contributed by atoms with Crippen LogP contribution in [0.1, 0.15) is 18.4 Å². The molecule has 3 rings (SSSR count). The van der Waals surface area contributed by atoms with Gasteiger partial charge in [-0.3, -0.25) is 9.69 Å². The van der Waals surface area contributed by atoms with Crippen LogP contribution in [-0.2, 0) is 11.3 Å². The average molecular weight is 348 g/mol. The predicted molar refractivity (Wildman–Crippen MR) is 104 cm³/mol. The lowest BCUT2D eigenvalue weighted by Gasteiger charge is -2.32. The van der Waals surface area contributed by atoms with E-state index in [0.717, 1.165) is 38.2 Å². The predicted octanol–water partition coefficient (Wildman–Crippen LogP) is 3.55. The highest BCUT2D eigenvalue weighted by molar-refractivity contribution is 5.92. The molecule has 0 aliphatic carbocycles. The van der Waals surface area contributed by atoms with Gasteiger partial charge in [-0.1, -0.05) is 42.3 Å². The van der Waals surface area contributed by atoms with Gasteiger partial charge < -0.3 is 10.1 Å². The molecule has 2 aromatic rings. The lowest BCUT2D eigenvalue weighted by molar-refractivity contribution is -0.121. The lowest BCUT2D eigenvalue weighted by Crippen LogP contribution is -2.40. The van der Waals surface area contributed by atoms with Crippen molar-refractivity contribution in [2.45, 2.75) is 19.4 Å². The first-order valence-corrected chi connectivity index (χ1v) is 8.98. The van der Waals surface area contributed by atoms with Crippen molar-refractivity contribution in [2.24, 2.45) is 5.92 Å². The summed E-state index contributed by atoms with van der Waals surface area (Å²) in [7, 11) is 0. The van der Waals surface area contributed by atoms with E-state index >= 15 is 0 Å². The van der Waals surface area contributed by atoms with Gasteiger partial charge in [-0.25, -0.2) is 0 Å². The number of carbonyl (C=O) groups excluding carboxylic acids is 1. The van der Waals surface area contributed by atoms with Crippen molar-refractivity contribution in [3.8, 4) is 18.1 Å². The van der Waals surface area contributed by atoms with Gasteiger partial charge in [0.1, 0.15) is 12.4 Å². The van der Waals surface area contributed by atoms with E-state index in [0.29, 0.717) is 5.75 Å². The molecular weight excluding hydrogens is 324 g/mol. The third kappa shape index (κ3) is 5.11. The van der Waals surface area contributed by atoms with Crippen molar-refractivity contribution in [2.75, 3.05) is 25.0 Å². The van der Waals surface area contributed by atoms with E-state index in [9.17, 15) is 4.79 Å². The van der Waals surface area contributed by atoms with E-state index in [1.165, 1.54) is 5.56 Å². The molecule has 1 aliphatic rings. The fourth-order valence-electron chi connectivity index (χ4n) is 3.29. The van der Waals surface area contributed by atoms with Crippen molar-refractivity contribution in [1.82, 2.24) is 4.90 Å². The average Bonchev–Trinajstić information content (AvgIpc) is 2.68. The first kappa shape index (κ1) is 18.0. The Morgan fingerprint density at radius 2 is 2.08 bits per heavy atom. The summed E-state index contributed by atoms with van der Waals surface area (Å²) >= 11 is 0. The lowest BCUT2D eigenvalue weighted by atomic mass is 9.96. The van der Waals surface area contributed by atoms with Gasteiger partial charge in [0.2, 0.25) is 5.91 Å². The molecule has 0 radical (unpaired) electrons. The second-order valence-corrected chi connectivity index (χ2v) is 6.57. The van der Waals surface area contributed by atoms with Gasteiger partial charge in [0, 0.05) is 24.8 Å². The Labute approximate surface area is 155 Å². The summed E-state index contributed by atoms with van der Waals surface area (Å²) < 4.78 is 5.41. The van der Waals surface area contributed by atoms with Crippen molar-refractivity contribution in [1.29, 1.82) is 0 Å². The molecule has 1 heterocycles. The van der Waals surface area contributed by atoms with Crippen LogP contribution in [0.2, 0.25) is 0 Å². The van der Waals surface area contributed by atoms with Crippen LogP contribution < -0.4 is 10.1 Å².